The van der Waals surface area contributed by atoms with E-state index in [9.17, 15) is 28.0 Å². The van der Waals surface area contributed by atoms with E-state index < -0.39 is 40.0 Å². The first-order chi connectivity index (χ1) is 20.7. The molecule has 4 N–H and O–H groups in total. The molecule has 3 atom stereocenters. The topological polar surface area (TPSA) is 124 Å². The van der Waals surface area contributed by atoms with Crippen molar-refractivity contribution in [3.05, 3.63) is 24.3 Å². The van der Waals surface area contributed by atoms with Crippen LogP contribution in [0.1, 0.15) is 168 Å². The number of allylic oxidation sites excluding steroid dienone is 3. The smallest absolute Gasteiger partial charge is 0.267 e. The number of amides is 1. The molecule has 3 unspecified atom stereocenters. The number of carbonyl (C=O) groups is 1. The highest BCUT2D eigenvalue weighted by atomic mass is 32.2. The van der Waals surface area contributed by atoms with Gasteiger partial charge in [-0.25, -0.2) is 0 Å². The monoisotopic (exact) mass is 629 g/mol. The molecular formula is C35H67NO6S. The van der Waals surface area contributed by atoms with E-state index in [1.165, 1.54) is 109 Å². The van der Waals surface area contributed by atoms with Gasteiger partial charge in [0.2, 0.25) is 5.91 Å². The van der Waals surface area contributed by atoms with Crippen molar-refractivity contribution in [2.75, 3.05) is 5.75 Å². The van der Waals surface area contributed by atoms with Crippen LogP contribution in [0.5, 0.6) is 0 Å². The first kappa shape index (κ1) is 41.8. The zero-order valence-corrected chi connectivity index (χ0v) is 28.5. The molecule has 0 aromatic carbocycles. The van der Waals surface area contributed by atoms with E-state index in [-0.39, 0.29) is 6.42 Å². The number of hydrogen-bond acceptors (Lipinski definition) is 5. The van der Waals surface area contributed by atoms with E-state index in [0.29, 0.717) is 12.8 Å². The quantitative estimate of drug-likeness (QED) is 0.0346. The predicted octanol–water partition coefficient (Wildman–Crippen LogP) is 8.60. The molecule has 0 radical (unpaired) electrons. The third-order valence-corrected chi connectivity index (χ3v) is 8.77. The number of aliphatic hydroxyl groups excluding tert-OH is 2. The minimum Gasteiger partial charge on any atom is -0.387 e. The van der Waals surface area contributed by atoms with Crippen LogP contribution in [-0.2, 0) is 14.9 Å². The van der Waals surface area contributed by atoms with Crippen LogP contribution in [0.15, 0.2) is 24.3 Å². The highest BCUT2D eigenvalue weighted by molar-refractivity contribution is 7.85. The van der Waals surface area contributed by atoms with Gasteiger partial charge in [0, 0.05) is 0 Å². The summed E-state index contributed by atoms with van der Waals surface area (Å²) in [5, 5.41) is 23.2. The van der Waals surface area contributed by atoms with Gasteiger partial charge < -0.3 is 15.5 Å². The van der Waals surface area contributed by atoms with Crippen molar-refractivity contribution in [1.82, 2.24) is 5.32 Å². The third-order valence-electron chi connectivity index (χ3n) is 7.99. The Morgan fingerprint density at radius 2 is 1.05 bits per heavy atom. The summed E-state index contributed by atoms with van der Waals surface area (Å²) in [5.41, 5.74) is 0. The van der Waals surface area contributed by atoms with E-state index in [1.54, 1.807) is 6.08 Å². The van der Waals surface area contributed by atoms with Gasteiger partial charge in [0.05, 0.1) is 17.9 Å². The fourth-order valence-electron chi connectivity index (χ4n) is 5.24. The Morgan fingerprint density at radius 3 is 1.53 bits per heavy atom. The summed E-state index contributed by atoms with van der Waals surface area (Å²) in [6.45, 7) is 4.46. The molecule has 0 spiro atoms. The van der Waals surface area contributed by atoms with Crippen LogP contribution in [-0.4, -0.2) is 53.1 Å². The zero-order chi connectivity index (χ0) is 32.0. The van der Waals surface area contributed by atoms with Gasteiger partial charge in [-0.3, -0.25) is 9.35 Å². The van der Waals surface area contributed by atoms with Gasteiger partial charge in [-0.2, -0.15) is 8.42 Å². The minimum atomic E-state index is -4.44. The SMILES string of the molecule is CCCCCCCCC/C=C/CC/C=C/C(O)C(CS(=O)(=O)O)NC(=O)C(O)CCCCCCCCCCCCCCC. The fourth-order valence-corrected chi connectivity index (χ4v) is 5.97. The summed E-state index contributed by atoms with van der Waals surface area (Å²) in [6, 6.07) is -1.24. The van der Waals surface area contributed by atoms with E-state index in [4.69, 9.17) is 0 Å². The Labute approximate surface area is 265 Å². The number of rotatable bonds is 31. The van der Waals surface area contributed by atoms with Crippen molar-refractivity contribution in [2.45, 2.75) is 186 Å². The minimum absolute atomic E-state index is 0.277. The number of nitrogens with one attached hydrogen (secondary N) is 1. The molecule has 0 saturated heterocycles. The van der Waals surface area contributed by atoms with Crippen molar-refractivity contribution < 1.29 is 28.0 Å². The molecule has 0 fully saturated rings. The van der Waals surface area contributed by atoms with Crippen LogP contribution >= 0.6 is 0 Å². The summed E-state index contributed by atoms with van der Waals surface area (Å²) in [5.74, 6) is -1.55. The summed E-state index contributed by atoms with van der Waals surface area (Å²) in [4.78, 5) is 12.5. The molecule has 0 aliphatic rings. The molecule has 0 aliphatic carbocycles. The Balaban J connectivity index is 4.20. The first-order valence-electron chi connectivity index (χ1n) is 17.6. The van der Waals surface area contributed by atoms with Crippen molar-refractivity contribution in [2.24, 2.45) is 0 Å². The van der Waals surface area contributed by atoms with Crippen LogP contribution in [0.3, 0.4) is 0 Å². The summed E-state index contributed by atoms with van der Waals surface area (Å²) >= 11 is 0. The second-order valence-corrected chi connectivity index (χ2v) is 13.8. The lowest BCUT2D eigenvalue weighted by Crippen LogP contribution is -2.50. The van der Waals surface area contributed by atoms with Crippen LogP contribution in [0.25, 0.3) is 0 Å². The van der Waals surface area contributed by atoms with Crippen molar-refractivity contribution in [3.63, 3.8) is 0 Å². The maximum Gasteiger partial charge on any atom is 0.267 e. The molecule has 0 aromatic rings. The largest absolute Gasteiger partial charge is 0.387 e. The van der Waals surface area contributed by atoms with E-state index in [1.807, 2.05) is 0 Å². The van der Waals surface area contributed by atoms with Crippen molar-refractivity contribution in [3.8, 4) is 0 Å². The lowest BCUT2D eigenvalue weighted by molar-refractivity contribution is -0.130. The molecule has 1 amide bonds. The summed E-state index contributed by atoms with van der Waals surface area (Å²) in [6.07, 6.45) is 32.3. The fraction of sp³-hybridized carbons (Fsp3) is 0.857. The molecule has 0 bridgehead atoms. The van der Waals surface area contributed by atoms with Crippen LogP contribution < -0.4 is 5.32 Å². The average Bonchev–Trinajstić information content (AvgIpc) is 2.96. The number of hydrogen-bond donors (Lipinski definition) is 4. The molecule has 0 aliphatic heterocycles. The Bertz CT molecular complexity index is 798. The van der Waals surface area contributed by atoms with Gasteiger partial charge in [-0.1, -0.05) is 160 Å². The maximum atomic E-state index is 12.5. The highest BCUT2D eigenvalue weighted by Gasteiger charge is 2.27. The second-order valence-electron chi connectivity index (χ2n) is 12.3. The predicted molar refractivity (Wildman–Crippen MR) is 181 cm³/mol. The Kier molecular flexibility index (Phi) is 28.7. The van der Waals surface area contributed by atoms with Crippen LogP contribution in [0, 0.1) is 0 Å². The van der Waals surface area contributed by atoms with Crippen LogP contribution in [0.4, 0.5) is 0 Å². The van der Waals surface area contributed by atoms with Gasteiger partial charge in [0.25, 0.3) is 10.1 Å². The van der Waals surface area contributed by atoms with E-state index in [0.717, 1.165) is 32.1 Å². The van der Waals surface area contributed by atoms with Gasteiger partial charge in [-0.05, 0) is 32.1 Å². The van der Waals surface area contributed by atoms with E-state index >= 15 is 0 Å². The molecule has 8 heteroatoms. The molecule has 0 aromatic heterocycles. The number of aliphatic hydroxyl groups is 2. The van der Waals surface area contributed by atoms with Crippen molar-refractivity contribution >= 4 is 16.0 Å². The van der Waals surface area contributed by atoms with Gasteiger partial charge >= 0.3 is 0 Å². The lowest BCUT2D eigenvalue weighted by Gasteiger charge is -2.22. The number of unbranched alkanes of at least 4 members (excludes halogenated alkanes) is 20. The Morgan fingerprint density at radius 1 is 0.628 bits per heavy atom. The first-order valence-corrected chi connectivity index (χ1v) is 19.3. The molecule has 0 rings (SSSR count). The van der Waals surface area contributed by atoms with E-state index in [2.05, 4.69) is 31.3 Å². The van der Waals surface area contributed by atoms with Gasteiger partial charge in [0.1, 0.15) is 6.10 Å². The zero-order valence-electron chi connectivity index (χ0n) is 27.7. The average molecular weight is 630 g/mol. The lowest BCUT2D eigenvalue weighted by atomic mass is 10.0. The molecule has 43 heavy (non-hydrogen) atoms. The third kappa shape index (κ3) is 29.3. The Hall–Kier alpha value is -1.22. The van der Waals surface area contributed by atoms with Gasteiger partial charge in [0.15, 0.2) is 0 Å². The van der Waals surface area contributed by atoms with Gasteiger partial charge in [-0.15, -0.1) is 0 Å². The maximum absolute atomic E-state index is 12.5. The second kappa shape index (κ2) is 29.5. The summed E-state index contributed by atoms with van der Waals surface area (Å²) < 4.78 is 32.3. The standard InChI is InChI=1S/C35H67NO6S/c1-3-5-7-9-11-13-15-17-19-21-23-25-27-29-33(37)32(31-43(40,41)42)36-35(39)34(38)30-28-26-24-22-20-18-16-14-12-10-8-6-4-2/h19,21,27,29,32-34,37-38H,3-18,20,22-26,28,30-31H2,1-2H3,(H,36,39)(H,40,41,42)/b21-19+,29-27+. The molecule has 254 valence electrons. The summed E-state index contributed by atoms with van der Waals surface area (Å²) in [7, 11) is -4.44. The highest BCUT2D eigenvalue weighted by Crippen LogP contribution is 2.14. The molecular weight excluding hydrogens is 562 g/mol. The normalized spacial score (nSPS) is 14.4. The molecule has 0 saturated carbocycles. The molecule has 0 heterocycles. The van der Waals surface area contributed by atoms with Crippen LogP contribution in [0.2, 0.25) is 0 Å². The van der Waals surface area contributed by atoms with Crippen molar-refractivity contribution in [1.29, 1.82) is 0 Å². The molecule has 7 nitrogen and oxygen atoms in total. The number of carbonyl (C=O) groups excluding carboxylic acids is 1.